The third-order valence-corrected chi connectivity index (χ3v) is 3.80. The molecule has 0 saturated carbocycles. The molecule has 0 fully saturated rings. The molecular formula is C16H17NO. The van der Waals surface area contributed by atoms with Crippen LogP contribution in [0.4, 0.5) is 0 Å². The van der Waals surface area contributed by atoms with E-state index in [1.54, 1.807) is 0 Å². The number of nitrogens with zero attached hydrogens (tertiary/aromatic N) is 1. The standard InChI is InChI=1S/C16H17NO/c1-3-17-14-7-5-4-6-13(14)16-11(2)12(10-18)8-9-15(16)17/h4-9,18H,3,10H2,1-2H3. The minimum absolute atomic E-state index is 0.105. The average Bonchev–Trinajstić information content (AvgIpc) is 2.73. The van der Waals surface area contributed by atoms with Gasteiger partial charge in [0.25, 0.3) is 0 Å². The minimum Gasteiger partial charge on any atom is -0.392 e. The van der Waals surface area contributed by atoms with Gasteiger partial charge in [0.05, 0.1) is 6.61 Å². The fourth-order valence-corrected chi connectivity index (χ4v) is 2.87. The van der Waals surface area contributed by atoms with Crippen molar-refractivity contribution in [2.75, 3.05) is 0 Å². The lowest BCUT2D eigenvalue weighted by molar-refractivity contribution is 0.281. The first-order valence-corrected chi connectivity index (χ1v) is 6.38. The van der Waals surface area contributed by atoms with Crippen LogP contribution in [-0.4, -0.2) is 9.67 Å². The van der Waals surface area contributed by atoms with Gasteiger partial charge in [-0.15, -0.1) is 0 Å². The van der Waals surface area contributed by atoms with Gasteiger partial charge >= 0.3 is 0 Å². The number of benzene rings is 2. The third kappa shape index (κ3) is 1.39. The van der Waals surface area contributed by atoms with Crippen molar-refractivity contribution in [2.45, 2.75) is 27.0 Å². The van der Waals surface area contributed by atoms with Crippen LogP contribution in [0.2, 0.25) is 0 Å². The highest BCUT2D eigenvalue weighted by atomic mass is 16.3. The molecule has 0 amide bonds. The fourth-order valence-electron chi connectivity index (χ4n) is 2.87. The molecule has 92 valence electrons. The summed E-state index contributed by atoms with van der Waals surface area (Å²) in [6.07, 6.45) is 0. The van der Waals surface area contributed by atoms with Crippen LogP contribution in [0.1, 0.15) is 18.1 Å². The first-order chi connectivity index (χ1) is 8.77. The van der Waals surface area contributed by atoms with Crippen molar-refractivity contribution in [3.05, 3.63) is 47.5 Å². The highest BCUT2D eigenvalue weighted by Crippen LogP contribution is 2.32. The van der Waals surface area contributed by atoms with Crippen LogP contribution in [0.25, 0.3) is 21.8 Å². The third-order valence-electron chi connectivity index (χ3n) is 3.80. The Morgan fingerprint density at radius 1 is 1.06 bits per heavy atom. The van der Waals surface area contributed by atoms with Crippen molar-refractivity contribution >= 4 is 21.8 Å². The van der Waals surface area contributed by atoms with Crippen LogP contribution >= 0.6 is 0 Å². The van der Waals surface area contributed by atoms with E-state index in [1.165, 1.54) is 27.4 Å². The monoisotopic (exact) mass is 239 g/mol. The van der Waals surface area contributed by atoms with Gasteiger partial charge in [-0.05, 0) is 37.1 Å². The van der Waals surface area contributed by atoms with Crippen LogP contribution < -0.4 is 0 Å². The van der Waals surface area contributed by atoms with E-state index in [-0.39, 0.29) is 6.61 Å². The number of aliphatic hydroxyl groups is 1. The molecule has 0 unspecified atom stereocenters. The molecule has 2 heteroatoms. The number of fused-ring (bicyclic) bond motifs is 3. The van der Waals surface area contributed by atoms with Crippen molar-refractivity contribution in [1.82, 2.24) is 4.57 Å². The number of aliphatic hydroxyl groups excluding tert-OH is 1. The van der Waals surface area contributed by atoms with Crippen molar-refractivity contribution < 1.29 is 5.11 Å². The summed E-state index contributed by atoms with van der Waals surface area (Å²) in [7, 11) is 0. The number of aromatic nitrogens is 1. The number of hydrogen-bond donors (Lipinski definition) is 1. The lowest BCUT2D eigenvalue weighted by Gasteiger charge is -2.06. The van der Waals surface area contributed by atoms with E-state index in [0.29, 0.717) is 0 Å². The Morgan fingerprint density at radius 2 is 1.83 bits per heavy atom. The maximum atomic E-state index is 9.41. The molecule has 0 atom stereocenters. The SMILES string of the molecule is CCn1c2ccccc2c2c(C)c(CO)ccc21. The maximum Gasteiger partial charge on any atom is 0.0684 e. The molecule has 3 rings (SSSR count). The zero-order valence-electron chi connectivity index (χ0n) is 10.8. The van der Waals surface area contributed by atoms with Crippen LogP contribution in [-0.2, 0) is 13.2 Å². The summed E-state index contributed by atoms with van der Waals surface area (Å²) in [4.78, 5) is 0. The Morgan fingerprint density at radius 3 is 2.56 bits per heavy atom. The zero-order valence-corrected chi connectivity index (χ0v) is 10.8. The minimum atomic E-state index is 0.105. The normalized spacial score (nSPS) is 11.5. The average molecular weight is 239 g/mol. The smallest absolute Gasteiger partial charge is 0.0684 e. The molecule has 2 aromatic carbocycles. The van der Waals surface area contributed by atoms with Crippen molar-refractivity contribution in [3.63, 3.8) is 0 Å². The van der Waals surface area contributed by atoms with Crippen molar-refractivity contribution in [2.24, 2.45) is 0 Å². The van der Waals surface area contributed by atoms with Crippen LogP contribution in [0, 0.1) is 6.92 Å². The topological polar surface area (TPSA) is 25.2 Å². The second-order valence-corrected chi connectivity index (χ2v) is 4.66. The van der Waals surface area contributed by atoms with Gasteiger partial charge in [0, 0.05) is 28.4 Å². The number of para-hydroxylation sites is 1. The first-order valence-electron chi connectivity index (χ1n) is 6.38. The molecule has 1 N–H and O–H groups in total. The van der Waals surface area contributed by atoms with E-state index >= 15 is 0 Å². The maximum absolute atomic E-state index is 9.41. The van der Waals surface area contributed by atoms with Gasteiger partial charge in [-0.25, -0.2) is 0 Å². The molecule has 0 aliphatic heterocycles. The van der Waals surface area contributed by atoms with E-state index in [1.807, 2.05) is 6.07 Å². The van der Waals surface area contributed by atoms with E-state index in [4.69, 9.17) is 0 Å². The van der Waals surface area contributed by atoms with Gasteiger partial charge in [-0.1, -0.05) is 24.3 Å². The second kappa shape index (κ2) is 4.14. The number of hydrogen-bond acceptors (Lipinski definition) is 1. The molecule has 0 radical (unpaired) electrons. The van der Waals surface area contributed by atoms with E-state index in [0.717, 1.165) is 12.1 Å². The van der Waals surface area contributed by atoms with Crippen LogP contribution in [0.15, 0.2) is 36.4 Å². The van der Waals surface area contributed by atoms with Crippen molar-refractivity contribution in [1.29, 1.82) is 0 Å². The van der Waals surface area contributed by atoms with E-state index < -0.39 is 0 Å². The lowest BCUT2D eigenvalue weighted by atomic mass is 10.0. The van der Waals surface area contributed by atoms with Gasteiger partial charge < -0.3 is 9.67 Å². The largest absolute Gasteiger partial charge is 0.392 e. The molecule has 0 aliphatic carbocycles. The van der Waals surface area contributed by atoms with Gasteiger partial charge in [0.2, 0.25) is 0 Å². The predicted molar refractivity (Wildman–Crippen MR) is 75.8 cm³/mol. The summed E-state index contributed by atoms with van der Waals surface area (Å²) in [6, 6.07) is 12.6. The molecule has 3 aromatic rings. The number of rotatable bonds is 2. The Balaban J connectivity index is 2.56. The second-order valence-electron chi connectivity index (χ2n) is 4.66. The molecule has 0 spiro atoms. The molecule has 1 aromatic heterocycles. The lowest BCUT2D eigenvalue weighted by Crippen LogP contribution is -1.94. The Labute approximate surface area is 106 Å². The summed E-state index contributed by atoms with van der Waals surface area (Å²) < 4.78 is 2.33. The van der Waals surface area contributed by atoms with Gasteiger partial charge in [-0.3, -0.25) is 0 Å². The highest BCUT2D eigenvalue weighted by Gasteiger charge is 2.12. The van der Waals surface area contributed by atoms with Crippen molar-refractivity contribution in [3.8, 4) is 0 Å². The molecule has 0 aliphatic rings. The summed E-state index contributed by atoms with van der Waals surface area (Å²) >= 11 is 0. The Kier molecular flexibility index (Phi) is 2.60. The van der Waals surface area contributed by atoms with Gasteiger partial charge in [-0.2, -0.15) is 0 Å². The van der Waals surface area contributed by atoms with Crippen LogP contribution in [0.3, 0.4) is 0 Å². The first kappa shape index (κ1) is 11.3. The summed E-state index contributed by atoms with van der Waals surface area (Å²) in [5, 5.41) is 12.0. The number of aryl methyl sites for hydroxylation is 2. The molecule has 0 saturated heterocycles. The molecular weight excluding hydrogens is 222 g/mol. The van der Waals surface area contributed by atoms with E-state index in [9.17, 15) is 5.11 Å². The zero-order chi connectivity index (χ0) is 12.7. The van der Waals surface area contributed by atoms with Gasteiger partial charge in [0.1, 0.15) is 0 Å². The Hall–Kier alpha value is -1.80. The van der Waals surface area contributed by atoms with Crippen LogP contribution in [0.5, 0.6) is 0 Å². The molecule has 0 bridgehead atoms. The fraction of sp³-hybridized carbons (Fsp3) is 0.250. The molecule has 18 heavy (non-hydrogen) atoms. The summed E-state index contributed by atoms with van der Waals surface area (Å²) in [5.74, 6) is 0. The Bertz CT molecular complexity index is 725. The summed E-state index contributed by atoms with van der Waals surface area (Å²) in [5.41, 5.74) is 4.74. The summed E-state index contributed by atoms with van der Waals surface area (Å²) in [6.45, 7) is 5.33. The highest BCUT2D eigenvalue weighted by molar-refractivity contribution is 6.10. The predicted octanol–water partition coefficient (Wildman–Crippen LogP) is 3.62. The molecule has 2 nitrogen and oxygen atoms in total. The van der Waals surface area contributed by atoms with E-state index in [2.05, 4.69) is 48.7 Å². The molecule has 1 heterocycles. The van der Waals surface area contributed by atoms with Gasteiger partial charge in [0.15, 0.2) is 0 Å². The quantitative estimate of drug-likeness (QED) is 0.726.